The number of nitrogens with two attached hydrogens (primary N) is 4. The van der Waals surface area contributed by atoms with Gasteiger partial charge in [0.25, 0.3) is 0 Å². The van der Waals surface area contributed by atoms with Crippen LogP contribution in [0.2, 0.25) is 0 Å². The smallest absolute Gasteiger partial charge is 0.333 e. The second-order valence-electron chi connectivity index (χ2n) is 3.27. The molecule has 0 heterocycles. The number of primary amides is 2. The number of carbonyl (C=O) groups excluding carboxylic acids is 2. The number of nitrogens with zero attached hydrogens (tertiary/aromatic N) is 2. The number of urea groups is 2. The summed E-state index contributed by atoms with van der Waals surface area (Å²) in [5, 5.41) is -0.154. The zero-order valence-electron chi connectivity index (χ0n) is 9.23. The first-order valence-electron chi connectivity index (χ1n) is 4.54. The topological polar surface area (TPSA) is 145 Å². The van der Waals surface area contributed by atoms with E-state index in [2.05, 4.69) is 0 Å². The van der Waals surface area contributed by atoms with Crippen LogP contribution in [-0.4, -0.2) is 12.1 Å². The fourth-order valence-electron chi connectivity index (χ4n) is 1.20. The number of halogens is 3. The van der Waals surface area contributed by atoms with Gasteiger partial charge in [-0.2, -0.15) is 0 Å². The van der Waals surface area contributed by atoms with Gasteiger partial charge in [0.15, 0.2) is 17.5 Å². The van der Waals surface area contributed by atoms with Crippen molar-refractivity contribution < 1.29 is 22.8 Å². The Hall–Kier alpha value is -2.53. The fraction of sp³-hybridized carbons (Fsp3) is 0. The molecule has 0 unspecified atom stereocenters. The predicted molar refractivity (Wildman–Crippen MR) is 58.8 cm³/mol. The van der Waals surface area contributed by atoms with Gasteiger partial charge >= 0.3 is 12.1 Å². The van der Waals surface area contributed by atoms with Crippen LogP contribution >= 0.6 is 0 Å². The van der Waals surface area contributed by atoms with Crippen molar-refractivity contribution in [2.75, 3.05) is 10.0 Å². The Morgan fingerprint density at radius 2 is 1.42 bits per heavy atom. The molecule has 1 rings (SSSR count). The number of benzene rings is 1. The molecule has 8 nitrogen and oxygen atoms in total. The molecule has 0 radical (unpaired) electrons. The summed E-state index contributed by atoms with van der Waals surface area (Å²) < 4.78 is 40.7. The van der Waals surface area contributed by atoms with Crippen LogP contribution in [0.5, 0.6) is 0 Å². The van der Waals surface area contributed by atoms with Crippen LogP contribution in [0.25, 0.3) is 0 Å². The van der Waals surface area contributed by atoms with Crippen molar-refractivity contribution in [2.45, 2.75) is 0 Å². The van der Waals surface area contributed by atoms with Gasteiger partial charge in [0.05, 0.1) is 0 Å². The van der Waals surface area contributed by atoms with E-state index < -0.39 is 40.9 Å². The second kappa shape index (κ2) is 4.99. The van der Waals surface area contributed by atoms with Gasteiger partial charge < -0.3 is 11.5 Å². The van der Waals surface area contributed by atoms with Crippen LogP contribution in [-0.2, 0) is 0 Å². The average Bonchev–Trinajstić information content (AvgIpc) is 2.32. The van der Waals surface area contributed by atoms with Crippen molar-refractivity contribution in [1.82, 2.24) is 0 Å². The normalized spacial score (nSPS) is 10.2. The van der Waals surface area contributed by atoms with Crippen molar-refractivity contribution in [3.8, 4) is 0 Å². The molecule has 1 aromatic rings. The quantitative estimate of drug-likeness (QED) is 0.253. The lowest BCUT2D eigenvalue weighted by atomic mass is 10.2. The molecule has 11 heteroatoms. The third kappa shape index (κ3) is 2.51. The zero-order valence-corrected chi connectivity index (χ0v) is 9.23. The lowest BCUT2D eigenvalue weighted by Gasteiger charge is -2.19. The summed E-state index contributed by atoms with van der Waals surface area (Å²) >= 11 is 0. The summed E-state index contributed by atoms with van der Waals surface area (Å²) in [5.74, 6) is 4.93. The molecule has 0 saturated carbocycles. The largest absolute Gasteiger partial charge is 0.350 e. The molecule has 104 valence electrons. The van der Waals surface area contributed by atoms with Crippen LogP contribution in [0, 0.1) is 17.5 Å². The molecular weight excluding hydrogens is 269 g/mol. The highest BCUT2D eigenvalue weighted by molar-refractivity contribution is 5.92. The molecule has 1 aromatic carbocycles. The van der Waals surface area contributed by atoms with E-state index in [1.165, 1.54) is 0 Å². The number of hydrogen-bond acceptors (Lipinski definition) is 4. The van der Waals surface area contributed by atoms with Gasteiger partial charge in [0, 0.05) is 6.07 Å². The summed E-state index contributed by atoms with van der Waals surface area (Å²) in [6.07, 6.45) is 0. The van der Waals surface area contributed by atoms with Gasteiger partial charge in [-0.3, -0.25) is 0 Å². The molecule has 0 aliphatic rings. The Morgan fingerprint density at radius 3 is 1.84 bits per heavy atom. The minimum Gasteiger partial charge on any atom is -0.350 e. The number of amides is 4. The molecule has 4 amide bonds. The standard InChI is InChI=1S/C8H9F3N6O2/c9-2-1-3(16(14)7(12)18)4(10)5(11)6(2)17(15)8(13)19/h1H,14-15H2,(H2,12,18)(H2,13,19). The molecule has 0 aliphatic heterocycles. The lowest BCUT2D eigenvalue weighted by Crippen LogP contribution is -2.44. The molecule has 0 atom stereocenters. The number of hydrogen-bond donors (Lipinski definition) is 4. The van der Waals surface area contributed by atoms with Crippen LogP contribution in [0.15, 0.2) is 6.07 Å². The van der Waals surface area contributed by atoms with Gasteiger partial charge in [-0.15, -0.1) is 0 Å². The lowest BCUT2D eigenvalue weighted by molar-refractivity contribution is 0.252. The first kappa shape index (κ1) is 14.5. The van der Waals surface area contributed by atoms with Crippen molar-refractivity contribution in [1.29, 1.82) is 0 Å². The van der Waals surface area contributed by atoms with Crippen molar-refractivity contribution in [3.63, 3.8) is 0 Å². The Labute approximate surface area is 104 Å². The van der Waals surface area contributed by atoms with Crippen LogP contribution in [0.1, 0.15) is 0 Å². The Kier molecular flexibility index (Phi) is 3.82. The van der Waals surface area contributed by atoms with Gasteiger partial charge in [-0.25, -0.2) is 44.5 Å². The van der Waals surface area contributed by atoms with Crippen molar-refractivity contribution in [3.05, 3.63) is 23.5 Å². The summed E-state index contributed by atoms with van der Waals surface area (Å²) in [5.41, 5.74) is 7.22. The molecule has 19 heavy (non-hydrogen) atoms. The maximum absolute atomic E-state index is 13.6. The molecule has 0 aliphatic carbocycles. The van der Waals surface area contributed by atoms with Crippen LogP contribution in [0.3, 0.4) is 0 Å². The maximum Gasteiger partial charge on any atom is 0.333 e. The number of carbonyl (C=O) groups is 2. The monoisotopic (exact) mass is 278 g/mol. The fourth-order valence-corrected chi connectivity index (χ4v) is 1.20. The van der Waals surface area contributed by atoms with Crippen molar-refractivity contribution >= 4 is 23.4 Å². The molecule has 0 bridgehead atoms. The number of anilines is 2. The third-order valence-electron chi connectivity index (χ3n) is 2.09. The third-order valence-corrected chi connectivity index (χ3v) is 2.09. The van der Waals surface area contributed by atoms with Gasteiger partial charge in [-0.1, -0.05) is 0 Å². The summed E-state index contributed by atoms with van der Waals surface area (Å²) in [7, 11) is 0. The molecule has 0 spiro atoms. The second-order valence-corrected chi connectivity index (χ2v) is 3.27. The summed E-state index contributed by atoms with van der Waals surface area (Å²) in [6, 6.07) is -2.45. The number of hydrazine groups is 2. The Bertz CT molecular complexity index is 552. The zero-order chi connectivity index (χ0) is 14.9. The van der Waals surface area contributed by atoms with E-state index in [1.807, 2.05) is 0 Å². The molecule has 8 N–H and O–H groups in total. The first-order chi connectivity index (χ1) is 8.68. The minimum absolute atomic E-state index is 0.0175. The van der Waals surface area contributed by atoms with Crippen LogP contribution in [0.4, 0.5) is 34.1 Å². The van der Waals surface area contributed by atoms with Gasteiger partial charge in [-0.05, 0) is 0 Å². The van der Waals surface area contributed by atoms with Crippen LogP contribution < -0.4 is 33.2 Å². The first-order valence-corrected chi connectivity index (χ1v) is 4.54. The maximum atomic E-state index is 13.6. The highest BCUT2D eigenvalue weighted by atomic mass is 19.2. The van der Waals surface area contributed by atoms with E-state index in [9.17, 15) is 22.8 Å². The summed E-state index contributed by atoms with van der Waals surface area (Å²) in [4.78, 5) is 21.4. The van der Waals surface area contributed by atoms with E-state index in [1.54, 1.807) is 0 Å². The van der Waals surface area contributed by atoms with E-state index in [-0.39, 0.29) is 10.0 Å². The number of rotatable bonds is 2. The molecule has 0 saturated heterocycles. The van der Waals surface area contributed by atoms with Crippen molar-refractivity contribution in [2.24, 2.45) is 23.2 Å². The highest BCUT2D eigenvalue weighted by Crippen LogP contribution is 2.30. The van der Waals surface area contributed by atoms with E-state index in [4.69, 9.17) is 23.2 Å². The molecular formula is C8H9F3N6O2. The highest BCUT2D eigenvalue weighted by Gasteiger charge is 2.27. The van der Waals surface area contributed by atoms with Gasteiger partial charge in [0.2, 0.25) is 0 Å². The summed E-state index contributed by atoms with van der Waals surface area (Å²) in [6.45, 7) is 0. The SMILES string of the molecule is NC(=O)N(N)c1cc(F)c(N(N)C(N)=O)c(F)c1F. The minimum atomic E-state index is -1.85. The molecule has 0 aromatic heterocycles. The predicted octanol–water partition coefficient (Wildman–Crippen LogP) is -0.379. The molecule has 0 fully saturated rings. The Balaban J connectivity index is 3.47. The Morgan fingerprint density at radius 1 is 0.947 bits per heavy atom. The van der Waals surface area contributed by atoms with Gasteiger partial charge in [0.1, 0.15) is 11.4 Å². The van der Waals surface area contributed by atoms with E-state index >= 15 is 0 Å². The van der Waals surface area contributed by atoms with E-state index in [0.717, 1.165) is 0 Å². The van der Waals surface area contributed by atoms with E-state index in [0.29, 0.717) is 6.07 Å². The average molecular weight is 278 g/mol.